The summed E-state index contributed by atoms with van der Waals surface area (Å²) in [5.74, 6) is -2.70. The molecule has 0 aliphatic heterocycles. The molecule has 2 aromatic carbocycles. The van der Waals surface area contributed by atoms with Crippen LogP contribution in [0.1, 0.15) is 17.2 Å². The lowest BCUT2D eigenvalue weighted by molar-refractivity contribution is 0.219. The summed E-state index contributed by atoms with van der Waals surface area (Å²) < 4.78 is 38.9. The second-order valence-electron chi connectivity index (χ2n) is 3.78. The zero-order valence-electron chi connectivity index (χ0n) is 9.00. The van der Waals surface area contributed by atoms with Gasteiger partial charge in [0, 0.05) is 5.02 Å². The predicted octanol–water partition coefficient (Wildman–Crippen LogP) is 3.84. The van der Waals surface area contributed by atoms with E-state index in [9.17, 15) is 18.3 Å². The molecule has 2 aromatic rings. The maximum absolute atomic E-state index is 13.1. The molecule has 0 saturated carbocycles. The summed E-state index contributed by atoms with van der Waals surface area (Å²) in [5.41, 5.74) is 0.293. The van der Waals surface area contributed by atoms with Crippen LogP contribution in [0.25, 0.3) is 0 Å². The van der Waals surface area contributed by atoms with E-state index < -0.39 is 23.6 Å². The van der Waals surface area contributed by atoms with E-state index in [0.29, 0.717) is 0 Å². The number of aliphatic hydroxyl groups is 1. The summed E-state index contributed by atoms with van der Waals surface area (Å²) in [7, 11) is 0. The fourth-order valence-corrected chi connectivity index (χ4v) is 1.84. The lowest BCUT2D eigenvalue weighted by Gasteiger charge is -2.12. The number of rotatable bonds is 2. The molecule has 0 radical (unpaired) electrons. The number of hydrogen-bond acceptors (Lipinski definition) is 1. The van der Waals surface area contributed by atoms with Gasteiger partial charge in [-0.3, -0.25) is 0 Å². The number of aliphatic hydroxyl groups excluding tert-OH is 1. The summed E-state index contributed by atoms with van der Waals surface area (Å²) >= 11 is 5.65. The van der Waals surface area contributed by atoms with Crippen LogP contribution in [0.4, 0.5) is 13.2 Å². The molecule has 18 heavy (non-hydrogen) atoms. The van der Waals surface area contributed by atoms with E-state index in [4.69, 9.17) is 11.6 Å². The molecular weight excluding hydrogens is 265 g/mol. The van der Waals surface area contributed by atoms with Crippen molar-refractivity contribution < 1.29 is 18.3 Å². The molecule has 0 aliphatic carbocycles. The average molecular weight is 273 g/mol. The van der Waals surface area contributed by atoms with Crippen LogP contribution in [0.5, 0.6) is 0 Å². The van der Waals surface area contributed by atoms with Crippen LogP contribution in [0.15, 0.2) is 36.4 Å². The zero-order chi connectivity index (χ0) is 13.3. The van der Waals surface area contributed by atoms with Gasteiger partial charge in [0.2, 0.25) is 0 Å². The van der Waals surface area contributed by atoms with Crippen molar-refractivity contribution in [2.24, 2.45) is 0 Å². The molecule has 5 heteroatoms. The van der Waals surface area contributed by atoms with Crippen LogP contribution >= 0.6 is 11.6 Å². The van der Waals surface area contributed by atoms with Gasteiger partial charge in [0.1, 0.15) is 11.9 Å². The van der Waals surface area contributed by atoms with E-state index in [2.05, 4.69) is 0 Å². The molecule has 0 heterocycles. The molecule has 0 amide bonds. The van der Waals surface area contributed by atoms with Crippen LogP contribution in [-0.2, 0) is 0 Å². The van der Waals surface area contributed by atoms with Crippen LogP contribution in [0.3, 0.4) is 0 Å². The molecule has 1 unspecified atom stereocenters. The second-order valence-corrected chi connectivity index (χ2v) is 4.22. The fraction of sp³-hybridized carbons (Fsp3) is 0.0769. The minimum absolute atomic E-state index is 0.117. The van der Waals surface area contributed by atoms with Gasteiger partial charge in [0.25, 0.3) is 0 Å². The highest BCUT2D eigenvalue weighted by Crippen LogP contribution is 2.26. The van der Waals surface area contributed by atoms with Gasteiger partial charge < -0.3 is 5.11 Å². The highest BCUT2D eigenvalue weighted by atomic mass is 35.5. The van der Waals surface area contributed by atoms with Gasteiger partial charge in [-0.15, -0.1) is 0 Å². The van der Waals surface area contributed by atoms with Gasteiger partial charge >= 0.3 is 0 Å². The van der Waals surface area contributed by atoms with Crippen molar-refractivity contribution in [3.63, 3.8) is 0 Å². The van der Waals surface area contributed by atoms with E-state index in [1.807, 2.05) is 0 Å². The molecule has 0 fully saturated rings. The summed E-state index contributed by atoms with van der Waals surface area (Å²) in [6, 6.07) is 6.51. The fourth-order valence-electron chi connectivity index (χ4n) is 1.61. The number of hydrogen-bond donors (Lipinski definition) is 1. The number of benzene rings is 2. The molecule has 1 atom stereocenters. The molecule has 0 bridgehead atoms. The standard InChI is InChI=1S/C13H8ClF3O/c14-9-3-8(4-10(15)6-9)13(18)7-1-2-11(16)12(17)5-7/h1-6,13,18H. The second kappa shape index (κ2) is 5.00. The normalized spacial score (nSPS) is 12.5. The molecule has 0 saturated heterocycles. The first-order valence-corrected chi connectivity index (χ1v) is 5.44. The van der Waals surface area contributed by atoms with Crippen molar-refractivity contribution in [1.29, 1.82) is 0 Å². The minimum atomic E-state index is -1.27. The van der Waals surface area contributed by atoms with Gasteiger partial charge in [0.15, 0.2) is 11.6 Å². The van der Waals surface area contributed by atoms with Crippen LogP contribution < -0.4 is 0 Å². The Morgan fingerprint density at radius 3 is 2.22 bits per heavy atom. The zero-order valence-corrected chi connectivity index (χ0v) is 9.76. The Morgan fingerprint density at radius 2 is 1.61 bits per heavy atom. The van der Waals surface area contributed by atoms with Crippen molar-refractivity contribution in [3.8, 4) is 0 Å². The highest BCUT2D eigenvalue weighted by Gasteiger charge is 2.14. The molecule has 1 N–H and O–H groups in total. The number of halogens is 4. The van der Waals surface area contributed by atoms with E-state index in [1.54, 1.807) is 0 Å². The Balaban J connectivity index is 2.40. The molecule has 2 rings (SSSR count). The Kier molecular flexibility index (Phi) is 3.59. The third-order valence-corrected chi connectivity index (χ3v) is 2.68. The SMILES string of the molecule is OC(c1cc(F)cc(Cl)c1)c1ccc(F)c(F)c1. The van der Waals surface area contributed by atoms with Crippen molar-refractivity contribution >= 4 is 11.6 Å². The van der Waals surface area contributed by atoms with Crippen LogP contribution in [0.2, 0.25) is 5.02 Å². The van der Waals surface area contributed by atoms with E-state index in [0.717, 1.165) is 24.3 Å². The van der Waals surface area contributed by atoms with E-state index in [-0.39, 0.29) is 16.1 Å². The highest BCUT2D eigenvalue weighted by molar-refractivity contribution is 6.30. The monoisotopic (exact) mass is 272 g/mol. The van der Waals surface area contributed by atoms with Gasteiger partial charge in [0.05, 0.1) is 0 Å². The van der Waals surface area contributed by atoms with Gasteiger partial charge in [-0.2, -0.15) is 0 Å². The largest absolute Gasteiger partial charge is 0.384 e. The first kappa shape index (κ1) is 12.9. The Bertz CT molecular complexity index is 566. The van der Waals surface area contributed by atoms with Crippen molar-refractivity contribution in [3.05, 3.63) is 70.0 Å². The van der Waals surface area contributed by atoms with Gasteiger partial charge in [-0.05, 0) is 41.5 Å². The van der Waals surface area contributed by atoms with Crippen molar-refractivity contribution in [2.75, 3.05) is 0 Å². The molecule has 0 spiro atoms. The summed E-state index contributed by atoms with van der Waals surface area (Å²) in [4.78, 5) is 0. The van der Waals surface area contributed by atoms with Crippen molar-refractivity contribution in [1.82, 2.24) is 0 Å². The predicted molar refractivity (Wildman–Crippen MR) is 61.8 cm³/mol. The molecule has 0 aliphatic rings. The Morgan fingerprint density at radius 1 is 0.889 bits per heavy atom. The van der Waals surface area contributed by atoms with Gasteiger partial charge in [-0.25, -0.2) is 13.2 Å². The van der Waals surface area contributed by atoms with Crippen LogP contribution in [0, 0.1) is 17.5 Å². The Labute approximate surface area is 106 Å². The maximum Gasteiger partial charge on any atom is 0.159 e. The molecular formula is C13H8ClF3O. The van der Waals surface area contributed by atoms with Crippen molar-refractivity contribution in [2.45, 2.75) is 6.10 Å². The summed E-state index contributed by atoms with van der Waals surface area (Å²) in [5, 5.41) is 10.1. The smallest absolute Gasteiger partial charge is 0.159 e. The topological polar surface area (TPSA) is 20.2 Å². The van der Waals surface area contributed by atoms with Gasteiger partial charge in [-0.1, -0.05) is 17.7 Å². The molecule has 0 aromatic heterocycles. The Hall–Kier alpha value is -1.52. The summed E-state index contributed by atoms with van der Waals surface area (Å²) in [6.07, 6.45) is -1.27. The quantitative estimate of drug-likeness (QED) is 0.881. The lowest BCUT2D eigenvalue weighted by Crippen LogP contribution is -2.01. The first-order chi connectivity index (χ1) is 8.47. The molecule has 94 valence electrons. The minimum Gasteiger partial charge on any atom is -0.384 e. The third-order valence-electron chi connectivity index (χ3n) is 2.46. The average Bonchev–Trinajstić information content (AvgIpc) is 2.30. The molecule has 1 nitrogen and oxygen atoms in total. The van der Waals surface area contributed by atoms with E-state index in [1.165, 1.54) is 12.1 Å². The third kappa shape index (κ3) is 2.66. The first-order valence-electron chi connectivity index (χ1n) is 5.06. The summed E-state index contributed by atoms with van der Waals surface area (Å²) in [6.45, 7) is 0. The maximum atomic E-state index is 13.1. The van der Waals surface area contributed by atoms with E-state index >= 15 is 0 Å². The lowest BCUT2D eigenvalue weighted by atomic mass is 10.0. The van der Waals surface area contributed by atoms with Crippen LogP contribution in [-0.4, -0.2) is 5.11 Å².